The van der Waals surface area contributed by atoms with E-state index in [9.17, 15) is 10.1 Å². The summed E-state index contributed by atoms with van der Waals surface area (Å²) in [7, 11) is 3.38. The third-order valence-corrected chi connectivity index (χ3v) is 5.08. The van der Waals surface area contributed by atoms with Crippen LogP contribution in [0.25, 0.3) is 0 Å². The minimum Gasteiger partial charge on any atom is -0.396 e. The van der Waals surface area contributed by atoms with Crippen LogP contribution < -0.4 is 10.6 Å². The maximum Gasteiger partial charge on any atom is 0.265 e. The van der Waals surface area contributed by atoms with Crippen molar-refractivity contribution in [2.45, 2.75) is 26.7 Å². The molecule has 0 radical (unpaired) electrons. The van der Waals surface area contributed by atoms with Crippen molar-refractivity contribution in [3.63, 3.8) is 0 Å². The molecule has 0 aromatic carbocycles. The van der Waals surface area contributed by atoms with E-state index in [0.717, 1.165) is 24.5 Å². The predicted molar refractivity (Wildman–Crippen MR) is 86.7 cm³/mol. The molecular weight excluding hydrogens is 284 g/mol. The number of nitriles is 1. The van der Waals surface area contributed by atoms with Crippen molar-refractivity contribution in [3.05, 3.63) is 10.4 Å². The van der Waals surface area contributed by atoms with Gasteiger partial charge in [-0.15, -0.1) is 11.3 Å². The molecule has 0 bridgehead atoms. The van der Waals surface area contributed by atoms with E-state index in [1.54, 1.807) is 14.1 Å². The molecule has 6 heteroatoms. The highest BCUT2D eigenvalue weighted by Crippen LogP contribution is 2.41. The predicted octanol–water partition coefficient (Wildman–Crippen LogP) is 2.53. The Morgan fingerprint density at radius 2 is 2.14 bits per heavy atom. The molecule has 0 aliphatic carbocycles. The highest BCUT2D eigenvalue weighted by atomic mass is 32.1. The number of thiophene rings is 1. The fraction of sp³-hybridized carbons (Fsp3) is 0.600. The quantitative estimate of drug-likeness (QED) is 0.911. The molecule has 5 nitrogen and oxygen atoms in total. The van der Waals surface area contributed by atoms with Crippen LogP contribution in [0.3, 0.4) is 0 Å². The number of hydrogen-bond acceptors (Lipinski definition) is 5. The summed E-state index contributed by atoms with van der Waals surface area (Å²) in [5.41, 5.74) is 7.03. The van der Waals surface area contributed by atoms with Crippen LogP contribution in [0, 0.1) is 16.7 Å². The highest BCUT2D eigenvalue weighted by molar-refractivity contribution is 7.19. The second-order valence-corrected chi connectivity index (χ2v) is 7.52. The first-order valence-corrected chi connectivity index (χ1v) is 7.87. The topological polar surface area (TPSA) is 73.4 Å². The van der Waals surface area contributed by atoms with Gasteiger partial charge in [0.25, 0.3) is 5.91 Å². The van der Waals surface area contributed by atoms with E-state index < -0.39 is 0 Å². The zero-order valence-electron chi connectivity index (χ0n) is 13.1. The Balaban J connectivity index is 2.43. The molecular formula is C15H22N4OS. The molecule has 2 heterocycles. The summed E-state index contributed by atoms with van der Waals surface area (Å²) in [6.07, 6.45) is 2.27. The Bertz CT molecular complexity index is 598. The standard InChI is InChI=1S/C15H22N4OS/c1-15(2)6-5-7-19(9-15)14-10(8-16)11(17)12(21-14)13(20)18(3)4/h5-7,9,17H2,1-4H3. The first kappa shape index (κ1) is 15.6. The van der Waals surface area contributed by atoms with Crippen molar-refractivity contribution in [3.8, 4) is 6.07 Å². The molecule has 114 valence electrons. The summed E-state index contributed by atoms with van der Waals surface area (Å²) >= 11 is 1.34. The summed E-state index contributed by atoms with van der Waals surface area (Å²) in [6.45, 7) is 6.26. The van der Waals surface area contributed by atoms with Gasteiger partial charge in [-0.2, -0.15) is 5.26 Å². The van der Waals surface area contributed by atoms with Gasteiger partial charge in [-0.3, -0.25) is 4.79 Å². The molecule has 1 aliphatic heterocycles. The van der Waals surface area contributed by atoms with E-state index in [-0.39, 0.29) is 11.3 Å². The Morgan fingerprint density at radius 1 is 1.48 bits per heavy atom. The molecule has 21 heavy (non-hydrogen) atoms. The molecule has 1 amide bonds. The lowest BCUT2D eigenvalue weighted by atomic mass is 9.84. The molecule has 1 aromatic rings. The van der Waals surface area contributed by atoms with E-state index in [2.05, 4.69) is 24.8 Å². The fourth-order valence-corrected chi connectivity index (χ4v) is 3.94. The summed E-state index contributed by atoms with van der Waals surface area (Å²) in [5.74, 6) is -0.142. The number of carbonyl (C=O) groups is 1. The van der Waals surface area contributed by atoms with Gasteiger partial charge < -0.3 is 15.5 Å². The van der Waals surface area contributed by atoms with Crippen LogP contribution in [0.5, 0.6) is 0 Å². The van der Waals surface area contributed by atoms with Gasteiger partial charge in [-0.05, 0) is 18.3 Å². The largest absolute Gasteiger partial charge is 0.396 e. The van der Waals surface area contributed by atoms with E-state index in [4.69, 9.17) is 5.73 Å². The minimum atomic E-state index is -0.142. The number of nitrogens with zero attached hydrogens (tertiary/aromatic N) is 3. The maximum atomic E-state index is 12.2. The normalized spacial score (nSPS) is 17.4. The van der Waals surface area contributed by atoms with Crippen LogP contribution in [0.1, 0.15) is 41.9 Å². The Morgan fingerprint density at radius 3 is 2.67 bits per heavy atom. The van der Waals surface area contributed by atoms with Crippen LogP contribution in [0.2, 0.25) is 0 Å². The summed E-state index contributed by atoms with van der Waals surface area (Å²) in [5, 5.41) is 10.3. The first-order chi connectivity index (χ1) is 9.76. The number of piperidine rings is 1. The van der Waals surface area contributed by atoms with Gasteiger partial charge in [0, 0.05) is 27.2 Å². The summed E-state index contributed by atoms with van der Waals surface area (Å²) < 4.78 is 0. The lowest BCUT2D eigenvalue weighted by Gasteiger charge is -2.38. The van der Waals surface area contributed by atoms with Crippen molar-refractivity contribution in [1.29, 1.82) is 5.26 Å². The average molecular weight is 306 g/mol. The van der Waals surface area contributed by atoms with Crippen molar-refractivity contribution in [1.82, 2.24) is 4.90 Å². The van der Waals surface area contributed by atoms with Gasteiger partial charge in [-0.1, -0.05) is 13.8 Å². The van der Waals surface area contributed by atoms with Crippen LogP contribution in [-0.2, 0) is 0 Å². The van der Waals surface area contributed by atoms with Crippen molar-refractivity contribution in [2.24, 2.45) is 5.41 Å². The first-order valence-electron chi connectivity index (χ1n) is 7.06. The van der Waals surface area contributed by atoms with Gasteiger partial charge in [0.1, 0.15) is 21.5 Å². The minimum absolute atomic E-state index is 0.142. The number of amides is 1. The van der Waals surface area contributed by atoms with Gasteiger partial charge in [0.05, 0.1) is 5.69 Å². The molecule has 1 aromatic heterocycles. The van der Waals surface area contributed by atoms with Gasteiger partial charge in [-0.25, -0.2) is 0 Å². The molecule has 2 N–H and O–H groups in total. The monoisotopic (exact) mass is 306 g/mol. The van der Waals surface area contributed by atoms with Crippen LogP contribution in [0.15, 0.2) is 0 Å². The molecule has 1 fully saturated rings. The van der Waals surface area contributed by atoms with E-state index in [1.807, 2.05) is 0 Å². The van der Waals surface area contributed by atoms with Crippen LogP contribution >= 0.6 is 11.3 Å². The van der Waals surface area contributed by atoms with Crippen molar-refractivity contribution in [2.75, 3.05) is 37.8 Å². The smallest absolute Gasteiger partial charge is 0.265 e. The number of anilines is 2. The third-order valence-electron chi connectivity index (χ3n) is 3.83. The number of hydrogen-bond donors (Lipinski definition) is 1. The van der Waals surface area contributed by atoms with Gasteiger partial charge in [0.2, 0.25) is 0 Å². The molecule has 0 spiro atoms. The third kappa shape index (κ3) is 2.98. The Hall–Kier alpha value is -1.74. The average Bonchev–Trinajstić information content (AvgIpc) is 2.73. The van der Waals surface area contributed by atoms with E-state index >= 15 is 0 Å². The van der Waals surface area contributed by atoms with E-state index in [1.165, 1.54) is 22.7 Å². The molecule has 0 atom stereocenters. The zero-order chi connectivity index (χ0) is 15.8. The number of nitrogen functional groups attached to an aromatic ring is 1. The SMILES string of the molecule is CN(C)C(=O)c1sc(N2CCCC(C)(C)C2)c(C#N)c1N. The van der Waals surface area contributed by atoms with Crippen LogP contribution in [0.4, 0.5) is 10.7 Å². The van der Waals surface area contributed by atoms with E-state index in [0.29, 0.717) is 16.1 Å². The number of carbonyl (C=O) groups excluding carboxylic acids is 1. The summed E-state index contributed by atoms with van der Waals surface area (Å²) in [4.78, 5) is 16.4. The zero-order valence-corrected chi connectivity index (χ0v) is 13.9. The van der Waals surface area contributed by atoms with Crippen LogP contribution in [-0.4, -0.2) is 38.0 Å². The Kier molecular flexibility index (Phi) is 4.15. The maximum absolute atomic E-state index is 12.2. The molecule has 0 saturated carbocycles. The number of rotatable bonds is 2. The summed E-state index contributed by atoms with van der Waals surface area (Å²) in [6, 6.07) is 2.18. The second kappa shape index (κ2) is 5.57. The Labute approximate surface area is 129 Å². The lowest BCUT2D eigenvalue weighted by Crippen LogP contribution is -2.40. The second-order valence-electron chi connectivity index (χ2n) is 6.53. The van der Waals surface area contributed by atoms with Crippen molar-refractivity contribution >= 4 is 27.9 Å². The molecule has 1 aliphatic rings. The van der Waals surface area contributed by atoms with Crippen molar-refractivity contribution < 1.29 is 4.79 Å². The highest BCUT2D eigenvalue weighted by Gasteiger charge is 2.31. The lowest BCUT2D eigenvalue weighted by molar-refractivity contribution is 0.0833. The van der Waals surface area contributed by atoms with Gasteiger partial charge in [0.15, 0.2) is 0 Å². The molecule has 2 rings (SSSR count). The molecule has 0 unspecified atom stereocenters. The number of nitrogens with two attached hydrogens (primary N) is 1. The fourth-order valence-electron chi connectivity index (χ4n) is 2.72. The van der Waals surface area contributed by atoms with Gasteiger partial charge >= 0.3 is 0 Å². The molecule has 1 saturated heterocycles.